The topological polar surface area (TPSA) is 98.7 Å². The third kappa shape index (κ3) is 9.61. The number of urea groups is 1. The third-order valence-electron chi connectivity index (χ3n) is 5.83. The molecule has 0 bridgehead atoms. The molecule has 0 atom stereocenters. The number of hydrogen-bond donors (Lipinski definition) is 3. The number of nitrogens with zero attached hydrogens (tertiary/aromatic N) is 1. The molecule has 0 aliphatic heterocycles. The highest BCUT2D eigenvalue weighted by atomic mass is 16.5. The van der Waals surface area contributed by atoms with Gasteiger partial charge in [0.15, 0.2) is 0 Å². The van der Waals surface area contributed by atoms with Crippen LogP contribution in [0.2, 0.25) is 0 Å². The van der Waals surface area contributed by atoms with Crippen molar-refractivity contribution in [3.05, 3.63) is 0 Å². The Balaban J connectivity index is 2.26. The quantitative estimate of drug-likeness (QED) is 0.250. The predicted molar refractivity (Wildman–Crippen MR) is 113 cm³/mol. The minimum absolute atomic E-state index is 0.0825. The first-order chi connectivity index (χ1) is 13.8. The zero-order valence-electron chi connectivity index (χ0n) is 18.6. The number of carbonyl (C=O) groups is 3. The fourth-order valence-electron chi connectivity index (χ4n) is 3.84. The van der Waals surface area contributed by atoms with Gasteiger partial charge in [0.1, 0.15) is 0 Å². The summed E-state index contributed by atoms with van der Waals surface area (Å²) in [4.78, 5) is 38.0. The number of nitrogens with one attached hydrogen (secondary N) is 2. The molecule has 1 saturated carbocycles. The van der Waals surface area contributed by atoms with Crippen LogP contribution in [0, 0.1) is 5.41 Å². The van der Waals surface area contributed by atoms with Crippen LogP contribution in [-0.4, -0.2) is 40.5 Å². The van der Waals surface area contributed by atoms with E-state index in [9.17, 15) is 14.4 Å². The normalized spacial score (nSPS) is 15.0. The maximum absolute atomic E-state index is 12.5. The van der Waals surface area contributed by atoms with Gasteiger partial charge in [-0.3, -0.25) is 19.7 Å². The van der Waals surface area contributed by atoms with E-state index in [1.807, 2.05) is 20.8 Å². The van der Waals surface area contributed by atoms with E-state index < -0.39 is 5.41 Å². The van der Waals surface area contributed by atoms with E-state index in [1.165, 1.54) is 11.3 Å². The lowest BCUT2D eigenvalue weighted by atomic mass is 9.86. The van der Waals surface area contributed by atoms with Gasteiger partial charge in [-0.25, -0.2) is 10.3 Å². The van der Waals surface area contributed by atoms with Crippen LogP contribution in [-0.2, 0) is 9.59 Å². The van der Waals surface area contributed by atoms with Crippen LogP contribution in [0.4, 0.5) is 4.79 Å². The smallest absolute Gasteiger partial charge is 0.324 e. The van der Waals surface area contributed by atoms with Gasteiger partial charge in [0.25, 0.3) is 0 Å². The molecule has 0 heterocycles. The van der Waals surface area contributed by atoms with Crippen molar-refractivity contribution in [3.8, 4) is 0 Å². The standard InChI is InChI=1S/C22H41N3O4/c1-4-17-25(21(28)23-18-13-9-8-10-14-18)19(26)15-11-6-5-7-12-16-22(2,3)20(27)24-29/h18,29H,4-17H2,1-3H3,(H,23,28)(H,24,27). The van der Waals surface area contributed by atoms with Gasteiger partial charge in [0, 0.05) is 24.4 Å². The van der Waals surface area contributed by atoms with Gasteiger partial charge in [0.05, 0.1) is 0 Å². The third-order valence-corrected chi connectivity index (χ3v) is 5.83. The first-order valence-electron chi connectivity index (χ1n) is 11.4. The lowest BCUT2D eigenvalue weighted by molar-refractivity contribution is -0.138. The molecular weight excluding hydrogens is 370 g/mol. The largest absolute Gasteiger partial charge is 0.335 e. The van der Waals surface area contributed by atoms with Crippen molar-refractivity contribution in [2.24, 2.45) is 5.41 Å². The van der Waals surface area contributed by atoms with Gasteiger partial charge in [-0.2, -0.15) is 0 Å². The van der Waals surface area contributed by atoms with Crippen LogP contribution in [0.5, 0.6) is 0 Å². The van der Waals surface area contributed by atoms with E-state index in [0.717, 1.165) is 64.2 Å². The molecule has 0 aromatic rings. The van der Waals surface area contributed by atoms with E-state index in [0.29, 0.717) is 19.4 Å². The molecule has 1 rings (SSSR count). The average molecular weight is 412 g/mol. The lowest BCUT2D eigenvalue weighted by Crippen LogP contribution is -2.48. The molecule has 29 heavy (non-hydrogen) atoms. The van der Waals surface area contributed by atoms with Crippen molar-refractivity contribution in [1.29, 1.82) is 0 Å². The predicted octanol–water partition coefficient (Wildman–Crippen LogP) is 4.53. The first kappa shape index (κ1) is 25.4. The number of imide groups is 1. The summed E-state index contributed by atoms with van der Waals surface area (Å²) in [7, 11) is 0. The average Bonchev–Trinajstić information content (AvgIpc) is 2.70. The van der Waals surface area contributed by atoms with Crippen LogP contribution < -0.4 is 10.8 Å². The summed E-state index contributed by atoms with van der Waals surface area (Å²) in [6.45, 7) is 6.09. The zero-order chi connectivity index (χ0) is 21.7. The highest BCUT2D eigenvalue weighted by Crippen LogP contribution is 2.24. The van der Waals surface area contributed by atoms with Crippen molar-refractivity contribution in [3.63, 3.8) is 0 Å². The Hall–Kier alpha value is -1.63. The SMILES string of the molecule is CCCN(C(=O)CCCCCCCC(C)(C)C(=O)NO)C(=O)NC1CCCCC1. The molecule has 168 valence electrons. The number of rotatable bonds is 12. The zero-order valence-corrected chi connectivity index (χ0v) is 18.6. The number of hydroxylamine groups is 1. The molecule has 4 amide bonds. The molecule has 1 aliphatic rings. The number of amides is 4. The fourth-order valence-corrected chi connectivity index (χ4v) is 3.84. The van der Waals surface area contributed by atoms with E-state index in [2.05, 4.69) is 5.32 Å². The second-order valence-corrected chi connectivity index (χ2v) is 8.92. The van der Waals surface area contributed by atoms with E-state index in [1.54, 1.807) is 5.48 Å². The van der Waals surface area contributed by atoms with Gasteiger partial charge < -0.3 is 5.32 Å². The maximum Gasteiger partial charge on any atom is 0.324 e. The summed E-state index contributed by atoms with van der Waals surface area (Å²) < 4.78 is 0. The van der Waals surface area contributed by atoms with Crippen molar-refractivity contribution in [2.75, 3.05) is 6.54 Å². The second-order valence-electron chi connectivity index (χ2n) is 8.92. The van der Waals surface area contributed by atoms with Crippen LogP contribution in [0.25, 0.3) is 0 Å². The van der Waals surface area contributed by atoms with Crippen LogP contribution in [0.3, 0.4) is 0 Å². The van der Waals surface area contributed by atoms with Gasteiger partial charge in [-0.05, 0) is 32.1 Å². The number of unbranched alkanes of at least 4 members (excludes halogenated alkanes) is 4. The van der Waals surface area contributed by atoms with Crippen molar-refractivity contribution < 1.29 is 19.6 Å². The lowest BCUT2D eigenvalue weighted by Gasteiger charge is -2.27. The highest BCUT2D eigenvalue weighted by Gasteiger charge is 2.26. The van der Waals surface area contributed by atoms with Gasteiger partial charge in [-0.1, -0.05) is 65.7 Å². The van der Waals surface area contributed by atoms with Crippen LogP contribution >= 0.6 is 0 Å². The van der Waals surface area contributed by atoms with Crippen molar-refractivity contribution >= 4 is 17.8 Å². The molecule has 7 nitrogen and oxygen atoms in total. The summed E-state index contributed by atoms with van der Waals surface area (Å²) >= 11 is 0. The molecule has 0 aromatic carbocycles. The molecule has 0 spiro atoms. The highest BCUT2D eigenvalue weighted by molar-refractivity contribution is 5.94. The first-order valence-corrected chi connectivity index (χ1v) is 11.4. The summed E-state index contributed by atoms with van der Waals surface area (Å²) in [5.74, 6) is -0.438. The number of hydrogen-bond acceptors (Lipinski definition) is 4. The summed E-state index contributed by atoms with van der Waals surface area (Å²) in [5, 5.41) is 11.8. The van der Waals surface area contributed by atoms with Gasteiger partial charge in [-0.15, -0.1) is 0 Å². The Bertz CT molecular complexity index is 516. The van der Waals surface area contributed by atoms with Crippen LogP contribution in [0.1, 0.15) is 104 Å². The monoisotopic (exact) mass is 411 g/mol. The molecule has 0 radical (unpaired) electrons. The molecule has 0 unspecified atom stereocenters. The number of carbonyl (C=O) groups excluding carboxylic acids is 3. The second kappa shape index (κ2) is 13.6. The van der Waals surface area contributed by atoms with Gasteiger partial charge in [0.2, 0.25) is 11.8 Å². The molecule has 0 aromatic heterocycles. The Morgan fingerprint density at radius 1 is 1.00 bits per heavy atom. The van der Waals surface area contributed by atoms with Crippen molar-refractivity contribution in [2.45, 2.75) is 110 Å². The Morgan fingerprint density at radius 3 is 2.24 bits per heavy atom. The fraction of sp³-hybridized carbons (Fsp3) is 0.864. The van der Waals surface area contributed by atoms with E-state index >= 15 is 0 Å². The molecular formula is C22H41N3O4. The Morgan fingerprint density at radius 2 is 1.62 bits per heavy atom. The van der Waals surface area contributed by atoms with E-state index in [4.69, 9.17) is 5.21 Å². The van der Waals surface area contributed by atoms with Gasteiger partial charge >= 0.3 is 6.03 Å². The van der Waals surface area contributed by atoms with Crippen molar-refractivity contribution in [1.82, 2.24) is 15.7 Å². The molecule has 0 saturated heterocycles. The minimum Gasteiger partial charge on any atom is -0.335 e. The Labute approximate surface area is 175 Å². The summed E-state index contributed by atoms with van der Waals surface area (Å²) in [5.41, 5.74) is 1.15. The summed E-state index contributed by atoms with van der Waals surface area (Å²) in [6, 6.07) is -0.0197. The summed E-state index contributed by atoms with van der Waals surface area (Å²) in [6.07, 6.45) is 12.0. The van der Waals surface area contributed by atoms with E-state index in [-0.39, 0.29) is 23.9 Å². The molecule has 1 aliphatic carbocycles. The van der Waals surface area contributed by atoms with Crippen LogP contribution in [0.15, 0.2) is 0 Å². The Kier molecular flexibility index (Phi) is 11.9. The maximum atomic E-state index is 12.5. The minimum atomic E-state index is -0.572. The molecule has 7 heteroatoms. The molecule has 1 fully saturated rings. The molecule has 3 N–H and O–H groups in total.